The molecular weight excluding hydrogens is 707 g/mol. The molecule has 48 heavy (non-hydrogen) atoms. The number of likely N-dealkylation sites (N-methyl/N-ethyl adjacent to an activating group) is 2. The minimum absolute atomic E-state index is 0.122. The Labute approximate surface area is 287 Å². The van der Waals surface area contributed by atoms with Crippen molar-refractivity contribution < 1.29 is 38.2 Å². The van der Waals surface area contributed by atoms with Crippen LogP contribution in [0.4, 0.5) is 20.2 Å². The number of halogens is 2. The first-order valence-electron chi connectivity index (χ1n) is 15.1. The minimum Gasteiger partial charge on any atom is -0.388 e. The Morgan fingerprint density at radius 2 is 1.02 bits per heavy atom. The number of nitrogens with one attached hydrogen (secondary N) is 2. The van der Waals surface area contributed by atoms with Gasteiger partial charge in [-0.3, -0.25) is 29.0 Å². The molecule has 4 amide bonds. The Hall–Kier alpha value is -2.90. The zero-order chi connectivity index (χ0) is 33.9. The maximum Gasteiger partial charge on any atom is 0.264 e. The average Bonchev–Trinajstić information content (AvgIpc) is 3.70. The van der Waals surface area contributed by atoms with Crippen LogP contribution in [0.5, 0.6) is 0 Å². The lowest BCUT2D eigenvalue weighted by atomic mass is 9.52. The molecule has 8 saturated heterocycles. The Morgan fingerprint density at radius 3 is 1.40 bits per heavy atom. The van der Waals surface area contributed by atoms with Crippen molar-refractivity contribution in [3.05, 3.63) is 59.2 Å². The third kappa shape index (κ3) is 2.52. The SMILES string of the molecule is CN1C(=O)[C@]23SS[C@@]1(C)C(=O)N2[C@H]1Nc2ccc(F)cc2C1([C@@]12c4cc(F)ccc4N[C@@H]1N1C(=O)[C@]4(C)SS[C@]1(C(=O)N4C)[C@H]2O)[C@@H]3O. The topological polar surface area (TPSA) is 146 Å². The zero-order valence-electron chi connectivity index (χ0n) is 25.5. The van der Waals surface area contributed by atoms with Crippen LogP contribution < -0.4 is 10.6 Å². The van der Waals surface area contributed by atoms with Gasteiger partial charge in [-0.25, -0.2) is 8.78 Å². The first-order chi connectivity index (χ1) is 22.6. The van der Waals surface area contributed by atoms with Gasteiger partial charge in [-0.2, -0.15) is 0 Å². The predicted octanol–water partition coefficient (Wildman–Crippen LogP) is 1.61. The summed E-state index contributed by atoms with van der Waals surface area (Å²) in [5.41, 5.74) is -3.23. The van der Waals surface area contributed by atoms with Crippen LogP contribution in [-0.2, 0) is 30.0 Å². The molecule has 0 aliphatic carbocycles. The molecule has 10 aliphatic heterocycles. The standard InChI is InChI=1S/C30H26F2N6O6S4/c1-25-21(41)37-19-27(13-9-11(31)5-7-15(13)33-19,17(39)29(37,47-45-25)23(43)35(25)3)28-14-10-12(32)6-8-16(14)34-20(28)38-22(42)26(2)36(4)24(44)30(38,18(28)40)48-46-26/h5-10,17-20,33-34,39-40H,1-4H3/t17-,18-,19+,20+,25-,26-,27+,28?,29-,30-/m0/s1. The molecule has 4 bridgehead atoms. The quantitative estimate of drug-likeness (QED) is 0.316. The van der Waals surface area contributed by atoms with E-state index in [-0.39, 0.29) is 11.1 Å². The monoisotopic (exact) mass is 732 g/mol. The molecule has 2 spiro atoms. The number of rotatable bonds is 1. The summed E-state index contributed by atoms with van der Waals surface area (Å²) >= 11 is 0. The molecular formula is C30H26F2N6O6S4. The number of benzene rings is 2. The van der Waals surface area contributed by atoms with E-state index in [9.17, 15) is 29.4 Å². The second-order valence-electron chi connectivity index (χ2n) is 13.8. The van der Waals surface area contributed by atoms with E-state index in [4.69, 9.17) is 0 Å². The van der Waals surface area contributed by atoms with Crippen LogP contribution in [0.3, 0.4) is 0 Å². The average molecular weight is 733 g/mol. The Bertz CT molecular complexity index is 1870. The van der Waals surface area contributed by atoms with Crippen molar-refractivity contribution in [1.29, 1.82) is 0 Å². The lowest BCUT2D eigenvalue weighted by molar-refractivity contribution is -0.166. The summed E-state index contributed by atoms with van der Waals surface area (Å²) < 4.78 is 31.1. The number of carbonyl (C=O) groups is 4. The van der Waals surface area contributed by atoms with Gasteiger partial charge in [0.05, 0.1) is 10.8 Å². The Morgan fingerprint density at radius 1 is 0.646 bits per heavy atom. The third-order valence-electron chi connectivity index (χ3n) is 12.2. The smallest absolute Gasteiger partial charge is 0.264 e. The van der Waals surface area contributed by atoms with E-state index < -0.39 is 90.1 Å². The molecule has 12 nitrogen and oxygen atoms in total. The molecule has 8 fully saturated rings. The van der Waals surface area contributed by atoms with Crippen LogP contribution in [0, 0.1) is 11.6 Å². The largest absolute Gasteiger partial charge is 0.388 e. The maximum atomic E-state index is 15.6. The van der Waals surface area contributed by atoms with E-state index >= 15 is 8.78 Å². The molecule has 10 atom stereocenters. The third-order valence-corrected chi connectivity index (χ3v) is 19.6. The number of hydrogen-bond acceptors (Lipinski definition) is 12. The van der Waals surface area contributed by atoms with E-state index in [0.29, 0.717) is 11.4 Å². The molecule has 4 N–H and O–H groups in total. The number of fused-ring (bicyclic) bond motifs is 11. The highest BCUT2D eigenvalue weighted by molar-refractivity contribution is 8.78. The van der Waals surface area contributed by atoms with Crippen LogP contribution in [0.25, 0.3) is 0 Å². The zero-order valence-corrected chi connectivity index (χ0v) is 28.7. The van der Waals surface area contributed by atoms with Gasteiger partial charge in [0.2, 0.25) is 9.74 Å². The van der Waals surface area contributed by atoms with E-state index in [1.165, 1.54) is 70.1 Å². The molecule has 18 heteroatoms. The van der Waals surface area contributed by atoms with Gasteiger partial charge in [0.1, 0.15) is 36.2 Å². The van der Waals surface area contributed by atoms with Gasteiger partial charge >= 0.3 is 0 Å². The number of anilines is 2. The van der Waals surface area contributed by atoms with Gasteiger partial charge in [0.25, 0.3) is 23.6 Å². The molecule has 0 aromatic heterocycles. The van der Waals surface area contributed by atoms with E-state index in [2.05, 4.69) is 10.6 Å². The number of amides is 4. The molecule has 0 saturated carbocycles. The van der Waals surface area contributed by atoms with Gasteiger partial charge in [0, 0.05) is 25.5 Å². The van der Waals surface area contributed by atoms with Crippen molar-refractivity contribution in [3.63, 3.8) is 0 Å². The highest BCUT2D eigenvalue weighted by Crippen LogP contribution is 2.78. The minimum atomic E-state index is -2.05. The summed E-state index contributed by atoms with van der Waals surface area (Å²) in [6.07, 6.45) is -6.40. The van der Waals surface area contributed by atoms with Crippen molar-refractivity contribution >= 4 is 78.2 Å². The summed E-state index contributed by atoms with van der Waals surface area (Å²) in [4.78, 5) is 56.8. The van der Waals surface area contributed by atoms with Gasteiger partial charge in [0.15, 0.2) is 9.74 Å². The van der Waals surface area contributed by atoms with Crippen molar-refractivity contribution in [2.24, 2.45) is 0 Å². The summed E-state index contributed by atoms with van der Waals surface area (Å²) in [6, 6.07) is 7.68. The fourth-order valence-electron chi connectivity index (χ4n) is 9.82. The van der Waals surface area contributed by atoms with Gasteiger partial charge in [-0.05, 0) is 83.0 Å². The fraction of sp³-hybridized carbons (Fsp3) is 0.467. The number of aliphatic hydroxyl groups is 2. The molecule has 1 unspecified atom stereocenters. The first-order valence-corrected chi connectivity index (χ1v) is 19.4. The first kappa shape index (κ1) is 30.0. The lowest BCUT2D eigenvalue weighted by Gasteiger charge is -2.58. The lowest BCUT2D eigenvalue weighted by Crippen LogP contribution is -2.77. The molecule has 10 aliphatic rings. The van der Waals surface area contributed by atoms with Crippen LogP contribution in [-0.4, -0.2) is 112 Å². The van der Waals surface area contributed by atoms with Crippen molar-refractivity contribution in [2.45, 2.75) is 68.7 Å². The number of piperazine rings is 2. The van der Waals surface area contributed by atoms with Gasteiger partial charge < -0.3 is 30.6 Å². The Kier molecular flexibility index (Phi) is 5.21. The summed E-state index contributed by atoms with van der Waals surface area (Å²) in [5.74, 6) is -3.59. The predicted molar refractivity (Wildman–Crippen MR) is 175 cm³/mol. The molecule has 2 aromatic carbocycles. The molecule has 12 rings (SSSR count). The van der Waals surface area contributed by atoms with Gasteiger partial charge in [-0.15, -0.1) is 0 Å². The van der Waals surface area contributed by atoms with E-state index in [1.807, 2.05) is 0 Å². The normalized spacial score (nSPS) is 45.6. The molecule has 2 aromatic rings. The fourth-order valence-corrected chi connectivity index (χ4v) is 16.9. The molecule has 250 valence electrons. The van der Waals surface area contributed by atoms with Crippen molar-refractivity contribution in [1.82, 2.24) is 19.6 Å². The summed E-state index contributed by atoms with van der Waals surface area (Å²) in [6.45, 7) is 3.21. The van der Waals surface area contributed by atoms with Crippen LogP contribution in [0.15, 0.2) is 36.4 Å². The highest BCUT2D eigenvalue weighted by atomic mass is 33.1. The number of carbonyl (C=O) groups excluding carboxylic acids is 4. The van der Waals surface area contributed by atoms with Crippen molar-refractivity contribution in [2.75, 3.05) is 24.7 Å². The number of hydrogen-bond donors (Lipinski definition) is 4. The van der Waals surface area contributed by atoms with Crippen molar-refractivity contribution in [3.8, 4) is 0 Å². The maximum absolute atomic E-state index is 15.6. The summed E-state index contributed by atoms with van der Waals surface area (Å²) in [5, 5.41) is 33.1. The number of aliphatic hydroxyl groups excluding tert-OH is 2. The number of nitrogens with zero attached hydrogens (tertiary/aromatic N) is 4. The highest BCUT2D eigenvalue weighted by Gasteiger charge is 2.93. The second-order valence-corrected chi connectivity index (χ2v) is 19.3. The van der Waals surface area contributed by atoms with E-state index in [1.54, 1.807) is 13.8 Å². The van der Waals surface area contributed by atoms with Crippen LogP contribution >= 0.6 is 43.2 Å². The van der Waals surface area contributed by atoms with E-state index in [0.717, 1.165) is 43.2 Å². The van der Waals surface area contributed by atoms with Crippen LogP contribution in [0.2, 0.25) is 0 Å². The van der Waals surface area contributed by atoms with Gasteiger partial charge in [-0.1, -0.05) is 21.6 Å². The Balaban J connectivity index is 1.37. The molecule has 10 heterocycles. The molecule has 0 radical (unpaired) electrons. The summed E-state index contributed by atoms with van der Waals surface area (Å²) in [7, 11) is 7.20. The van der Waals surface area contributed by atoms with Crippen LogP contribution in [0.1, 0.15) is 25.0 Å². The second kappa shape index (κ2) is 8.34.